The Morgan fingerprint density at radius 1 is 0.478 bits per heavy atom. The number of amides is 1. The van der Waals surface area contributed by atoms with Crippen molar-refractivity contribution in [3.63, 3.8) is 0 Å². The highest BCUT2D eigenvalue weighted by Crippen LogP contribution is 2.42. The third-order valence-electron chi connectivity index (χ3n) is 11.3. The quantitative estimate of drug-likeness (QED) is 0.0238. The summed E-state index contributed by atoms with van der Waals surface area (Å²) in [5, 5.41) is 12.7. The number of carbonyl (C=O) groups excluding carboxylic acids is 2. The first kappa shape index (κ1) is 64.2. The van der Waals surface area contributed by atoms with Gasteiger partial charge in [-0.05, 0) is 64.2 Å². The number of allylic oxidation sites excluding steroid dienone is 14. The van der Waals surface area contributed by atoms with Crippen LogP contribution in [0.25, 0.3) is 0 Å². The number of esters is 1. The van der Waals surface area contributed by atoms with Gasteiger partial charge in [0.1, 0.15) is 12.7 Å². The summed E-state index contributed by atoms with van der Waals surface area (Å²) < 4.78 is 27.0. The Hall–Kier alpha value is -2.81. The third-order valence-corrected chi connectivity index (χ3v) is 12.3. The molecule has 0 aromatic heterocycles. The van der Waals surface area contributed by atoms with Crippen LogP contribution in [0.2, 0.25) is 0 Å². The van der Waals surface area contributed by atoms with Crippen molar-refractivity contribution in [2.24, 2.45) is 0 Å². The fourth-order valence-electron chi connectivity index (χ4n) is 7.31. The number of rotatable bonds is 50. The van der Waals surface area contributed by atoms with E-state index >= 15 is 0 Å². The van der Waals surface area contributed by atoms with Gasteiger partial charge < -0.3 is 20.1 Å². The summed E-state index contributed by atoms with van der Waals surface area (Å²) in [4.78, 5) is 34.1. The van der Waals surface area contributed by atoms with Gasteiger partial charge in [0.25, 0.3) is 0 Å². The lowest BCUT2D eigenvalue weighted by molar-refractivity contribution is -0.147. The Morgan fingerprint density at radius 3 is 1.25 bits per heavy atom. The second-order valence-electron chi connectivity index (χ2n) is 17.8. The van der Waals surface area contributed by atoms with Gasteiger partial charge in [-0.2, -0.15) is 0 Å². The number of aliphatic hydroxyl groups excluding tert-OH is 1. The summed E-state index contributed by atoms with van der Waals surface area (Å²) in [5.41, 5.74) is 0. The largest absolute Gasteiger partial charge is 0.472 e. The molecule has 0 bridgehead atoms. The highest BCUT2D eigenvalue weighted by atomic mass is 31.2. The average molecular weight is 958 g/mol. The van der Waals surface area contributed by atoms with E-state index in [0.717, 1.165) is 70.6 Å². The predicted octanol–water partition coefficient (Wildman–Crippen LogP) is 16.3. The van der Waals surface area contributed by atoms with Gasteiger partial charge in [0.2, 0.25) is 5.91 Å². The van der Waals surface area contributed by atoms with Crippen LogP contribution in [0.3, 0.4) is 0 Å². The van der Waals surface area contributed by atoms with Gasteiger partial charge in [-0.25, -0.2) is 4.57 Å². The first-order valence-electron chi connectivity index (χ1n) is 27.1. The first-order valence-corrected chi connectivity index (χ1v) is 28.6. The predicted molar refractivity (Wildman–Crippen MR) is 284 cm³/mol. The van der Waals surface area contributed by atoms with Crippen molar-refractivity contribution in [1.82, 2.24) is 5.32 Å². The molecule has 1 amide bonds. The van der Waals surface area contributed by atoms with E-state index < -0.39 is 26.5 Å². The van der Waals surface area contributed by atoms with Gasteiger partial charge in [0.05, 0.1) is 13.2 Å². The molecule has 0 saturated heterocycles. The SMILES string of the molecule is CC/C=C\C/C=C\C/C=C\C/C=C\C/C=C\C/C=C\C/C=C\CCCC(=O)NCCOP(=O)(O)OCC(O)COC(=O)CCCCCCCCCCCCCCCCCCCCCCCCC. The number of ether oxygens (including phenoxy) is 1. The maximum absolute atomic E-state index is 12.2. The average Bonchev–Trinajstić information content (AvgIpc) is 3.32. The second kappa shape index (κ2) is 52.6. The summed E-state index contributed by atoms with van der Waals surface area (Å²) >= 11 is 0. The Kier molecular flexibility index (Phi) is 50.4. The van der Waals surface area contributed by atoms with Crippen LogP contribution in [0, 0.1) is 0 Å². The lowest BCUT2D eigenvalue weighted by Crippen LogP contribution is -2.27. The number of hydrogen-bond donors (Lipinski definition) is 3. The number of nitrogens with one attached hydrogen (secondary N) is 1. The van der Waals surface area contributed by atoms with E-state index in [1.165, 1.54) is 128 Å². The van der Waals surface area contributed by atoms with Gasteiger partial charge >= 0.3 is 13.8 Å². The fourth-order valence-corrected chi connectivity index (χ4v) is 8.07. The summed E-state index contributed by atoms with van der Waals surface area (Å²) in [7, 11) is -4.44. The van der Waals surface area contributed by atoms with Crippen molar-refractivity contribution >= 4 is 19.7 Å². The molecule has 67 heavy (non-hydrogen) atoms. The van der Waals surface area contributed by atoms with E-state index in [9.17, 15) is 24.2 Å². The lowest BCUT2D eigenvalue weighted by atomic mass is 10.0. The zero-order valence-electron chi connectivity index (χ0n) is 42.8. The molecule has 0 aromatic rings. The molecule has 0 fully saturated rings. The molecule has 0 aliphatic rings. The summed E-state index contributed by atoms with van der Waals surface area (Å²) in [6.07, 6.45) is 68.3. The number of hydrogen-bond acceptors (Lipinski definition) is 7. The van der Waals surface area contributed by atoms with E-state index in [0.29, 0.717) is 12.8 Å². The van der Waals surface area contributed by atoms with Gasteiger partial charge in [-0.1, -0.05) is 240 Å². The van der Waals surface area contributed by atoms with Crippen LogP contribution in [-0.4, -0.2) is 54.3 Å². The first-order chi connectivity index (χ1) is 32.8. The van der Waals surface area contributed by atoms with Crippen LogP contribution in [-0.2, 0) is 27.9 Å². The van der Waals surface area contributed by atoms with E-state index in [1.54, 1.807) is 0 Å². The van der Waals surface area contributed by atoms with Crippen LogP contribution in [0.5, 0.6) is 0 Å². The van der Waals surface area contributed by atoms with Gasteiger partial charge in [-0.15, -0.1) is 0 Å². The van der Waals surface area contributed by atoms with E-state index in [1.807, 2.05) is 0 Å². The Labute approximate surface area is 411 Å². The summed E-state index contributed by atoms with van der Waals surface area (Å²) in [6.45, 7) is 3.39. The van der Waals surface area contributed by atoms with E-state index in [2.05, 4.69) is 104 Å². The topological polar surface area (TPSA) is 131 Å². The minimum Gasteiger partial charge on any atom is -0.463 e. The molecular formula is C57H100NO8P. The molecule has 386 valence electrons. The highest BCUT2D eigenvalue weighted by molar-refractivity contribution is 7.47. The zero-order valence-corrected chi connectivity index (χ0v) is 43.7. The number of carbonyl (C=O) groups is 2. The molecular weight excluding hydrogens is 858 g/mol. The normalized spacial score (nSPS) is 13.8. The molecule has 0 aliphatic carbocycles. The lowest BCUT2D eigenvalue weighted by Gasteiger charge is -2.15. The van der Waals surface area contributed by atoms with Crippen LogP contribution >= 0.6 is 7.82 Å². The standard InChI is InChI=1S/C57H100NO8P/c1-3-5-7-9-11-13-15-17-19-21-23-25-27-29-31-33-35-37-39-41-43-45-47-49-56(60)58-51-52-65-67(62,63)66-54-55(59)53-64-57(61)50-48-46-44-42-40-38-36-34-32-30-28-26-24-22-20-18-16-14-12-10-8-6-4-2/h5,7,11,13,17,19,23,25,29,31,35,37,41,43,55,59H,3-4,6,8-10,12,14-16,18,20-22,24,26-28,30,32-34,36,38-40,42,44-54H2,1-2H3,(H,58,60)(H,62,63)/b7-5-,13-11-,19-17-,25-23-,31-29-,37-35-,43-41-. The van der Waals surface area contributed by atoms with Crippen molar-refractivity contribution in [3.05, 3.63) is 85.1 Å². The van der Waals surface area contributed by atoms with Crippen LogP contribution < -0.4 is 5.32 Å². The smallest absolute Gasteiger partial charge is 0.463 e. The molecule has 0 rings (SSSR count). The molecule has 0 radical (unpaired) electrons. The molecule has 9 nitrogen and oxygen atoms in total. The molecule has 2 atom stereocenters. The Bertz CT molecular complexity index is 1370. The molecule has 0 aliphatic heterocycles. The maximum Gasteiger partial charge on any atom is 0.472 e. The number of phosphoric acid groups is 1. The number of aliphatic hydroxyl groups is 1. The van der Waals surface area contributed by atoms with Gasteiger partial charge in [0, 0.05) is 19.4 Å². The molecule has 3 N–H and O–H groups in total. The molecule has 2 unspecified atom stereocenters. The van der Waals surface area contributed by atoms with Crippen molar-refractivity contribution in [3.8, 4) is 0 Å². The molecule has 0 aromatic carbocycles. The molecule has 0 heterocycles. The third kappa shape index (κ3) is 54.0. The Morgan fingerprint density at radius 2 is 0.851 bits per heavy atom. The minimum absolute atomic E-state index is 0.0466. The minimum atomic E-state index is -4.44. The van der Waals surface area contributed by atoms with Crippen molar-refractivity contribution in [2.45, 2.75) is 238 Å². The van der Waals surface area contributed by atoms with E-state index in [4.69, 9.17) is 13.8 Å². The van der Waals surface area contributed by atoms with Crippen molar-refractivity contribution in [2.75, 3.05) is 26.4 Å². The maximum atomic E-state index is 12.2. The summed E-state index contributed by atoms with van der Waals surface area (Å²) in [6, 6.07) is 0. The van der Waals surface area contributed by atoms with Crippen molar-refractivity contribution < 1.29 is 37.9 Å². The monoisotopic (exact) mass is 958 g/mol. The molecule has 0 saturated carbocycles. The van der Waals surface area contributed by atoms with Crippen LogP contribution in [0.4, 0.5) is 0 Å². The van der Waals surface area contributed by atoms with Crippen molar-refractivity contribution in [1.29, 1.82) is 0 Å². The Balaban J connectivity index is 3.63. The highest BCUT2D eigenvalue weighted by Gasteiger charge is 2.23. The van der Waals surface area contributed by atoms with Crippen LogP contribution in [0.15, 0.2) is 85.1 Å². The molecule has 0 spiro atoms. The van der Waals surface area contributed by atoms with Gasteiger partial charge in [0.15, 0.2) is 0 Å². The number of unbranched alkanes of at least 4 members (excludes halogenated alkanes) is 23. The number of phosphoric ester groups is 1. The van der Waals surface area contributed by atoms with E-state index in [-0.39, 0.29) is 32.1 Å². The fraction of sp³-hybridized carbons (Fsp3) is 0.719. The van der Waals surface area contributed by atoms with Crippen LogP contribution in [0.1, 0.15) is 232 Å². The summed E-state index contributed by atoms with van der Waals surface area (Å²) in [5.74, 6) is -0.575. The zero-order chi connectivity index (χ0) is 48.8. The second-order valence-corrected chi connectivity index (χ2v) is 19.3. The molecule has 10 heteroatoms. The van der Waals surface area contributed by atoms with Gasteiger partial charge in [-0.3, -0.25) is 18.6 Å².